The van der Waals surface area contributed by atoms with Gasteiger partial charge in [-0.2, -0.15) is 0 Å². The average Bonchev–Trinajstić information content (AvgIpc) is 2.91. The lowest BCUT2D eigenvalue weighted by molar-refractivity contribution is -0.136. The molecule has 0 bridgehead atoms. The highest BCUT2D eigenvalue weighted by atomic mass is 16.5. The SMILES string of the molecule is CC(CCc1ccc(OC(C)C)cc1)NC(=O)CN1C(=O)NC2(CCCCC2)C1=O. The van der Waals surface area contributed by atoms with E-state index in [0.717, 1.165) is 42.8 Å². The molecule has 1 saturated carbocycles. The van der Waals surface area contributed by atoms with Gasteiger partial charge in [0.05, 0.1) is 6.10 Å². The highest BCUT2D eigenvalue weighted by Crippen LogP contribution is 2.33. The Balaban J connectivity index is 1.45. The van der Waals surface area contributed by atoms with Crippen LogP contribution >= 0.6 is 0 Å². The number of nitrogens with one attached hydrogen (secondary N) is 2. The van der Waals surface area contributed by atoms with Crippen molar-refractivity contribution < 1.29 is 19.1 Å². The Morgan fingerprint density at radius 3 is 2.43 bits per heavy atom. The Hall–Kier alpha value is -2.57. The van der Waals surface area contributed by atoms with Crippen LogP contribution in [0.15, 0.2) is 24.3 Å². The molecule has 3 rings (SSSR count). The van der Waals surface area contributed by atoms with E-state index in [-0.39, 0.29) is 30.5 Å². The van der Waals surface area contributed by atoms with Crippen molar-refractivity contribution in [3.05, 3.63) is 29.8 Å². The Bertz CT molecular complexity index is 769. The summed E-state index contributed by atoms with van der Waals surface area (Å²) in [5.74, 6) is 0.289. The standard InChI is InChI=1S/C23H33N3O4/c1-16(2)30-19-11-9-18(10-12-19)8-7-17(3)24-20(27)15-26-21(28)23(25-22(26)29)13-5-4-6-14-23/h9-12,16-17H,4-8,13-15H2,1-3H3,(H,24,27)(H,25,29). The van der Waals surface area contributed by atoms with Crippen molar-refractivity contribution in [3.63, 3.8) is 0 Å². The van der Waals surface area contributed by atoms with Gasteiger partial charge in [-0.3, -0.25) is 14.5 Å². The molecule has 1 atom stereocenters. The molecule has 7 nitrogen and oxygen atoms in total. The summed E-state index contributed by atoms with van der Waals surface area (Å²) in [6.45, 7) is 5.69. The summed E-state index contributed by atoms with van der Waals surface area (Å²) < 4.78 is 5.65. The summed E-state index contributed by atoms with van der Waals surface area (Å²) in [5, 5.41) is 5.75. The van der Waals surface area contributed by atoms with Gasteiger partial charge in [-0.1, -0.05) is 31.4 Å². The average molecular weight is 416 g/mol. The Morgan fingerprint density at radius 1 is 1.13 bits per heavy atom. The normalized spacial score (nSPS) is 19.1. The molecule has 164 valence electrons. The molecule has 1 unspecified atom stereocenters. The van der Waals surface area contributed by atoms with Gasteiger partial charge in [0.2, 0.25) is 5.91 Å². The van der Waals surface area contributed by atoms with Gasteiger partial charge in [0, 0.05) is 6.04 Å². The first-order valence-corrected chi connectivity index (χ1v) is 11.0. The van der Waals surface area contributed by atoms with E-state index >= 15 is 0 Å². The molecule has 1 aromatic carbocycles. The zero-order valence-corrected chi connectivity index (χ0v) is 18.2. The monoisotopic (exact) mass is 415 g/mol. The fraction of sp³-hybridized carbons (Fsp3) is 0.609. The maximum atomic E-state index is 12.8. The van der Waals surface area contributed by atoms with Crippen LogP contribution < -0.4 is 15.4 Å². The van der Waals surface area contributed by atoms with Crippen LogP contribution in [0, 0.1) is 0 Å². The molecule has 7 heteroatoms. The van der Waals surface area contributed by atoms with Crippen LogP contribution in [-0.2, 0) is 16.0 Å². The van der Waals surface area contributed by atoms with Crippen LogP contribution in [0.25, 0.3) is 0 Å². The number of imide groups is 1. The van der Waals surface area contributed by atoms with Crippen molar-refractivity contribution in [2.75, 3.05) is 6.54 Å². The second-order valence-corrected chi connectivity index (χ2v) is 8.78. The van der Waals surface area contributed by atoms with E-state index in [9.17, 15) is 14.4 Å². The topological polar surface area (TPSA) is 87.7 Å². The third kappa shape index (κ3) is 5.32. The second kappa shape index (κ2) is 9.49. The Kier molecular flexibility index (Phi) is 7.00. The lowest BCUT2D eigenvalue weighted by atomic mass is 9.82. The lowest BCUT2D eigenvalue weighted by Crippen LogP contribution is -2.49. The van der Waals surface area contributed by atoms with Gasteiger partial charge in [0.1, 0.15) is 17.8 Å². The number of carbonyl (C=O) groups is 3. The number of hydrogen-bond donors (Lipinski definition) is 2. The summed E-state index contributed by atoms with van der Waals surface area (Å²) in [6.07, 6.45) is 5.97. The molecule has 1 heterocycles. The Morgan fingerprint density at radius 2 is 1.80 bits per heavy atom. The van der Waals surface area contributed by atoms with Crippen molar-refractivity contribution >= 4 is 17.8 Å². The Labute approximate surface area is 178 Å². The molecule has 1 spiro atoms. The van der Waals surface area contributed by atoms with E-state index in [1.54, 1.807) is 0 Å². The van der Waals surface area contributed by atoms with Crippen molar-refractivity contribution in [3.8, 4) is 5.75 Å². The van der Waals surface area contributed by atoms with Gasteiger partial charge >= 0.3 is 6.03 Å². The molecule has 0 aromatic heterocycles. The van der Waals surface area contributed by atoms with Crippen LogP contribution in [-0.4, -0.2) is 47.0 Å². The fourth-order valence-corrected chi connectivity index (χ4v) is 4.24. The summed E-state index contributed by atoms with van der Waals surface area (Å²) in [7, 11) is 0. The zero-order valence-electron chi connectivity index (χ0n) is 18.2. The molecule has 1 aliphatic heterocycles. The summed E-state index contributed by atoms with van der Waals surface area (Å²) in [5.41, 5.74) is 0.382. The van der Waals surface area contributed by atoms with Gasteiger partial charge in [-0.15, -0.1) is 0 Å². The highest BCUT2D eigenvalue weighted by Gasteiger charge is 2.51. The van der Waals surface area contributed by atoms with Gasteiger partial charge in [0.15, 0.2) is 0 Å². The van der Waals surface area contributed by atoms with Crippen LogP contribution in [0.2, 0.25) is 0 Å². The van der Waals surface area contributed by atoms with Gasteiger partial charge in [0.25, 0.3) is 5.91 Å². The maximum Gasteiger partial charge on any atom is 0.325 e. The number of benzene rings is 1. The predicted molar refractivity (Wildman–Crippen MR) is 114 cm³/mol. The second-order valence-electron chi connectivity index (χ2n) is 8.78. The van der Waals surface area contributed by atoms with E-state index < -0.39 is 11.6 Å². The van der Waals surface area contributed by atoms with Gasteiger partial charge in [-0.25, -0.2) is 4.79 Å². The largest absolute Gasteiger partial charge is 0.491 e. The van der Waals surface area contributed by atoms with E-state index in [2.05, 4.69) is 10.6 Å². The minimum Gasteiger partial charge on any atom is -0.491 e. The molecule has 2 N–H and O–H groups in total. The predicted octanol–water partition coefficient (Wildman–Crippen LogP) is 3.17. The third-order valence-electron chi connectivity index (χ3n) is 5.82. The zero-order chi connectivity index (χ0) is 21.7. The van der Waals surface area contributed by atoms with Gasteiger partial charge in [-0.05, 0) is 64.2 Å². The number of ether oxygens (including phenoxy) is 1. The molecule has 30 heavy (non-hydrogen) atoms. The van der Waals surface area contributed by atoms with Crippen molar-refractivity contribution in [1.29, 1.82) is 0 Å². The summed E-state index contributed by atoms with van der Waals surface area (Å²) in [6, 6.07) is 7.46. The van der Waals surface area contributed by atoms with E-state index in [1.165, 1.54) is 5.56 Å². The molecule has 1 saturated heterocycles. The summed E-state index contributed by atoms with van der Waals surface area (Å²) >= 11 is 0. The molecular weight excluding hydrogens is 382 g/mol. The van der Waals surface area contributed by atoms with Crippen molar-refractivity contribution in [2.45, 2.75) is 83.4 Å². The number of amides is 4. The van der Waals surface area contributed by atoms with E-state index in [0.29, 0.717) is 12.8 Å². The number of carbonyl (C=O) groups excluding carboxylic acids is 3. The quantitative estimate of drug-likeness (QED) is 0.639. The molecule has 2 fully saturated rings. The van der Waals surface area contributed by atoms with Crippen LogP contribution in [0.4, 0.5) is 4.79 Å². The first kappa shape index (κ1) is 22.1. The summed E-state index contributed by atoms with van der Waals surface area (Å²) in [4.78, 5) is 38.6. The van der Waals surface area contributed by atoms with Crippen LogP contribution in [0.5, 0.6) is 5.75 Å². The van der Waals surface area contributed by atoms with Crippen LogP contribution in [0.3, 0.4) is 0 Å². The molecule has 4 amide bonds. The van der Waals surface area contributed by atoms with E-state index in [4.69, 9.17) is 4.74 Å². The fourth-order valence-electron chi connectivity index (χ4n) is 4.24. The highest BCUT2D eigenvalue weighted by molar-refractivity contribution is 6.09. The van der Waals surface area contributed by atoms with Crippen molar-refractivity contribution in [1.82, 2.24) is 15.5 Å². The smallest absolute Gasteiger partial charge is 0.325 e. The minimum atomic E-state index is -0.785. The molecule has 1 aliphatic carbocycles. The molecule has 2 aliphatic rings. The number of aryl methyl sites for hydroxylation is 1. The lowest BCUT2D eigenvalue weighted by Gasteiger charge is -2.30. The first-order chi connectivity index (χ1) is 14.3. The number of urea groups is 1. The van der Waals surface area contributed by atoms with Crippen molar-refractivity contribution in [2.24, 2.45) is 0 Å². The molecular formula is C23H33N3O4. The molecule has 0 radical (unpaired) electrons. The van der Waals surface area contributed by atoms with Gasteiger partial charge < -0.3 is 15.4 Å². The number of nitrogens with zero attached hydrogens (tertiary/aromatic N) is 1. The number of hydrogen-bond acceptors (Lipinski definition) is 4. The number of rotatable bonds is 8. The van der Waals surface area contributed by atoms with Crippen LogP contribution in [0.1, 0.15) is 64.9 Å². The third-order valence-corrected chi connectivity index (χ3v) is 5.82. The minimum absolute atomic E-state index is 0.0616. The van der Waals surface area contributed by atoms with E-state index in [1.807, 2.05) is 45.0 Å². The first-order valence-electron chi connectivity index (χ1n) is 11.0. The molecule has 1 aromatic rings. The maximum absolute atomic E-state index is 12.8.